The summed E-state index contributed by atoms with van der Waals surface area (Å²) in [6, 6.07) is 1.84. The molecule has 1 unspecified atom stereocenters. The highest BCUT2D eigenvalue weighted by Gasteiger charge is 2.32. The molecule has 0 amide bonds. The van der Waals surface area contributed by atoms with Crippen LogP contribution in [0.3, 0.4) is 0 Å². The first kappa shape index (κ1) is 10.1. The third kappa shape index (κ3) is 2.07. The van der Waals surface area contributed by atoms with Crippen molar-refractivity contribution in [2.75, 3.05) is 19.6 Å². The van der Waals surface area contributed by atoms with E-state index in [1.807, 2.05) is 0 Å². The summed E-state index contributed by atoms with van der Waals surface area (Å²) in [5, 5.41) is 3.68. The van der Waals surface area contributed by atoms with Gasteiger partial charge in [0.05, 0.1) is 0 Å². The van der Waals surface area contributed by atoms with Gasteiger partial charge in [-0.2, -0.15) is 0 Å². The van der Waals surface area contributed by atoms with E-state index in [-0.39, 0.29) is 0 Å². The Morgan fingerprint density at radius 1 is 0.867 bits per heavy atom. The van der Waals surface area contributed by atoms with Crippen LogP contribution in [0.4, 0.5) is 0 Å². The van der Waals surface area contributed by atoms with Gasteiger partial charge in [0.1, 0.15) is 0 Å². The summed E-state index contributed by atoms with van der Waals surface area (Å²) in [6.07, 6.45) is 10.2. The molecule has 15 heavy (non-hydrogen) atoms. The summed E-state index contributed by atoms with van der Waals surface area (Å²) in [5.41, 5.74) is 0. The molecule has 2 heterocycles. The van der Waals surface area contributed by atoms with Crippen LogP contribution in [0, 0.1) is 5.92 Å². The highest BCUT2D eigenvalue weighted by Crippen LogP contribution is 2.31. The van der Waals surface area contributed by atoms with Gasteiger partial charge in [0.25, 0.3) is 0 Å². The highest BCUT2D eigenvalue weighted by molar-refractivity contribution is 4.89. The molecular weight excluding hydrogens is 184 g/mol. The Morgan fingerprint density at radius 2 is 1.67 bits per heavy atom. The molecule has 3 aliphatic rings. The molecular formula is C13H24N2. The van der Waals surface area contributed by atoms with Crippen molar-refractivity contribution in [3.63, 3.8) is 0 Å². The molecule has 0 bridgehead atoms. The van der Waals surface area contributed by atoms with Crippen LogP contribution in [0.5, 0.6) is 0 Å². The van der Waals surface area contributed by atoms with Crippen molar-refractivity contribution in [1.82, 2.24) is 10.2 Å². The van der Waals surface area contributed by atoms with Gasteiger partial charge >= 0.3 is 0 Å². The molecule has 3 rings (SSSR count). The Bertz CT molecular complexity index is 199. The second-order valence-electron chi connectivity index (χ2n) is 5.66. The van der Waals surface area contributed by atoms with Gasteiger partial charge in [-0.25, -0.2) is 0 Å². The van der Waals surface area contributed by atoms with Crippen LogP contribution < -0.4 is 5.32 Å². The van der Waals surface area contributed by atoms with Crippen molar-refractivity contribution in [1.29, 1.82) is 0 Å². The Hall–Kier alpha value is -0.0800. The molecule has 0 spiro atoms. The molecule has 3 fully saturated rings. The number of hydrogen-bond acceptors (Lipinski definition) is 2. The molecule has 1 aliphatic carbocycles. The molecule has 2 aliphatic heterocycles. The largest absolute Gasteiger partial charge is 0.314 e. The van der Waals surface area contributed by atoms with Crippen molar-refractivity contribution in [3.05, 3.63) is 0 Å². The number of nitrogens with one attached hydrogen (secondary N) is 1. The predicted molar refractivity (Wildman–Crippen MR) is 63.0 cm³/mol. The lowest BCUT2D eigenvalue weighted by Crippen LogP contribution is -2.47. The summed E-state index contributed by atoms with van der Waals surface area (Å²) in [6.45, 7) is 4.04. The first-order valence-electron chi connectivity index (χ1n) is 6.91. The van der Waals surface area contributed by atoms with Crippen LogP contribution in [0.15, 0.2) is 0 Å². The van der Waals surface area contributed by atoms with Gasteiger partial charge in [-0.1, -0.05) is 6.42 Å². The lowest BCUT2D eigenvalue weighted by molar-refractivity contribution is 0.0767. The summed E-state index contributed by atoms with van der Waals surface area (Å²) in [5.74, 6) is 0.990. The Balaban J connectivity index is 1.47. The third-order valence-corrected chi connectivity index (χ3v) is 4.83. The van der Waals surface area contributed by atoms with Gasteiger partial charge in [-0.05, 0) is 64.1 Å². The van der Waals surface area contributed by atoms with E-state index >= 15 is 0 Å². The quantitative estimate of drug-likeness (QED) is 0.747. The lowest BCUT2D eigenvalue weighted by Gasteiger charge is -2.43. The van der Waals surface area contributed by atoms with Crippen molar-refractivity contribution in [2.24, 2.45) is 5.92 Å². The molecule has 2 heteroatoms. The van der Waals surface area contributed by atoms with Crippen LogP contribution in [-0.4, -0.2) is 36.6 Å². The molecule has 0 aromatic heterocycles. The second-order valence-corrected chi connectivity index (χ2v) is 5.66. The van der Waals surface area contributed by atoms with E-state index in [0.717, 1.165) is 18.0 Å². The van der Waals surface area contributed by atoms with Crippen molar-refractivity contribution < 1.29 is 0 Å². The van der Waals surface area contributed by atoms with Crippen molar-refractivity contribution in [2.45, 2.75) is 57.0 Å². The number of likely N-dealkylation sites (tertiary alicyclic amines) is 1. The molecule has 1 N–H and O–H groups in total. The van der Waals surface area contributed by atoms with E-state index in [9.17, 15) is 0 Å². The average Bonchev–Trinajstić information content (AvgIpc) is 2.69. The van der Waals surface area contributed by atoms with Crippen molar-refractivity contribution >= 4 is 0 Å². The molecule has 2 nitrogen and oxygen atoms in total. The minimum absolute atomic E-state index is 0.869. The van der Waals surface area contributed by atoms with E-state index < -0.39 is 0 Å². The number of rotatable bonds is 2. The first-order valence-corrected chi connectivity index (χ1v) is 6.91. The van der Waals surface area contributed by atoms with Crippen LogP contribution >= 0.6 is 0 Å². The fourth-order valence-corrected chi connectivity index (χ4v) is 3.55. The fourth-order valence-electron chi connectivity index (χ4n) is 3.55. The summed E-state index contributed by atoms with van der Waals surface area (Å²) < 4.78 is 0. The standard InChI is InChI=1S/C13H24N2/c1-3-12(4-1)15-9-6-11(7-10-15)13-5-2-8-14-13/h11-14H,1-10H2. The maximum Gasteiger partial charge on any atom is 0.00967 e. The molecule has 1 saturated carbocycles. The summed E-state index contributed by atoms with van der Waals surface area (Å²) in [4.78, 5) is 2.76. The Labute approximate surface area is 93.4 Å². The minimum Gasteiger partial charge on any atom is -0.314 e. The monoisotopic (exact) mass is 208 g/mol. The Kier molecular flexibility index (Phi) is 2.98. The minimum atomic E-state index is 0.869. The maximum absolute atomic E-state index is 3.68. The molecule has 0 aromatic carbocycles. The third-order valence-electron chi connectivity index (χ3n) is 4.83. The molecule has 0 radical (unpaired) electrons. The molecule has 86 valence electrons. The zero-order valence-electron chi connectivity index (χ0n) is 9.75. The van der Waals surface area contributed by atoms with Gasteiger partial charge < -0.3 is 10.2 Å². The zero-order valence-corrected chi connectivity index (χ0v) is 9.75. The van der Waals surface area contributed by atoms with Gasteiger partial charge in [0, 0.05) is 12.1 Å². The number of hydrogen-bond donors (Lipinski definition) is 1. The second kappa shape index (κ2) is 4.42. The predicted octanol–water partition coefficient (Wildman–Crippen LogP) is 2.00. The normalized spacial score (nSPS) is 35.6. The van der Waals surface area contributed by atoms with Crippen LogP contribution in [0.2, 0.25) is 0 Å². The molecule has 1 atom stereocenters. The molecule has 0 aromatic rings. The van der Waals surface area contributed by atoms with Gasteiger partial charge in [-0.3, -0.25) is 0 Å². The summed E-state index contributed by atoms with van der Waals surface area (Å²) in [7, 11) is 0. The van der Waals surface area contributed by atoms with Gasteiger partial charge in [-0.15, -0.1) is 0 Å². The Morgan fingerprint density at radius 3 is 2.20 bits per heavy atom. The number of piperidine rings is 1. The topological polar surface area (TPSA) is 15.3 Å². The van der Waals surface area contributed by atoms with Crippen LogP contribution in [0.1, 0.15) is 44.9 Å². The van der Waals surface area contributed by atoms with Gasteiger partial charge in [0.2, 0.25) is 0 Å². The van der Waals surface area contributed by atoms with Gasteiger partial charge in [0.15, 0.2) is 0 Å². The van der Waals surface area contributed by atoms with Crippen molar-refractivity contribution in [3.8, 4) is 0 Å². The fraction of sp³-hybridized carbons (Fsp3) is 1.00. The highest BCUT2D eigenvalue weighted by atomic mass is 15.2. The number of nitrogens with zero attached hydrogens (tertiary/aromatic N) is 1. The van der Waals surface area contributed by atoms with E-state index in [1.165, 1.54) is 64.6 Å². The smallest absolute Gasteiger partial charge is 0.00967 e. The maximum atomic E-state index is 3.68. The van der Waals surface area contributed by atoms with Crippen LogP contribution in [0.25, 0.3) is 0 Å². The zero-order chi connectivity index (χ0) is 10.1. The average molecular weight is 208 g/mol. The van der Waals surface area contributed by atoms with E-state index in [4.69, 9.17) is 0 Å². The summed E-state index contributed by atoms with van der Waals surface area (Å²) >= 11 is 0. The molecule has 2 saturated heterocycles. The first-order chi connectivity index (χ1) is 7.43. The lowest BCUT2D eigenvalue weighted by atomic mass is 9.85. The van der Waals surface area contributed by atoms with E-state index in [1.54, 1.807) is 0 Å². The van der Waals surface area contributed by atoms with E-state index in [0.29, 0.717) is 0 Å². The SMILES string of the molecule is C1CNC(C2CCN(C3CCC3)CC2)C1. The van der Waals surface area contributed by atoms with Crippen LogP contribution in [-0.2, 0) is 0 Å². The van der Waals surface area contributed by atoms with E-state index in [2.05, 4.69) is 10.2 Å².